The number of Topliss-reactive ketones (excluding diaryl/α,β-unsaturated/α-hetero) is 1. The summed E-state index contributed by atoms with van der Waals surface area (Å²) >= 11 is 1.68. The van der Waals surface area contributed by atoms with Crippen molar-refractivity contribution < 1.29 is 14.3 Å². The van der Waals surface area contributed by atoms with Gasteiger partial charge < -0.3 is 9.47 Å². The maximum absolute atomic E-state index is 12.3. The zero-order valence-corrected chi connectivity index (χ0v) is 11.2. The molecule has 0 saturated carbocycles. The first-order valence-corrected chi connectivity index (χ1v) is 7.17. The van der Waals surface area contributed by atoms with Gasteiger partial charge in [-0.05, 0) is 30.0 Å². The van der Waals surface area contributed by atoms with Crippen molar-refractivity contribution in [1.82, 2.24) is 0 Å². The number of carbonyl (C=O) groups is 1. The molecule has 0 aliphatic carbocycles. The van der Waals surface area contributed by atoms with Crippen molar-refractivity contribution in [2.24, 2.45) is 0 Å². The van der Waals surface area contributed by atoms with Crippen molar-refractivity contribution in [3.63, 3.8) is 0 Å². The number of fused-ring (bicyclic) bond motifs is 1. The van der Waals surface area contributed by atoms with E-state index in [-0.39, 0.29) is 5.78 Å². The third kappa shape index (κ3) is 2.63. The third-order valence-corrected chi connectivity index (χ3v) is 3.98. The molecule has 0 atom stereocenters. The summed E-state index contributed by atoms with van der Waals surface area (Å²) in [5, 5.41) is 2.03. The van der Waals surface area contributed by atoms with E-state index in [4.69, 9.17) is 9.47 Å². The van der Waals surface area contributed by atoms with Gasteiger partial charge in [0.25, 0.3) is 0 Å². The van der Waals surface area contributed by atoms with Gasteiger partial charge in [0.15, 0.2) is 17.3 Å². The molecule has 3 rings (SSSR count). The fraction of sp³-hybridized carbons (Fsp3) is 0.267. The molecule has 1 aromatic heterocycles. The molecule has 1 aliphatic heterocycles. The standard InChI is InChI=1S/C15H14O3S/c16-13(7-6-11-3-2-10-19-11)12-4-1-5-14-15(12)18-9-8-17-14/h1-5,10H,6-9H2. The second kappa shape index (κ2) is 5.45. The van der Waals surface area contributed by atoms with Crippen LogP contribution in [-0.2, 0) is 6.42 Å². The fourth-order valence-electron chi connectivity index (χ4n) is 2.12. The molecule has 0 amide bonds. The molecule has 1 aliphatic rings. The van der Waals surface area contributed by atoms with Gasteiger partial charge >= 0.3 is 0 Å². The number of thiophene rings is 1. The van der Waals surface area contributed by atoms with Gasteiger partial charge in [-0.15, -0.1) is 11.3 Å². The van der Waals surface area contributed by atoms with Crippen molar-refractivity contribution in [2.45, 2.75) is 12.8 Å². The minimum Gasteiger partial charge on any atom is -0.486 e. The number of ether oxygens (including phenoxy) is 2. The van der Waals surface area contributed by atoms with Crippen LogP contribution in [0, 0.1) is 0 Å². The number of carbonyl (C=O) groups excluding carboxylic acids is 1. The predicted octanol–water partition coefficient (Wildman–Crippen LogP) is 3.33. The molecule has 2 heterocycles. The second-order valence-corrected chi connectivity index (χ2v) is 5.36. The SMILES string of the molecule is O=C(CCc1cccs1)c1cccc2c1OCCO2. The Labute approximate surface area is 115 Å². The molecule has 0 saturated heterocycles. The summed E-state index contributed by atoms with van der Waals surface area (Å²) in [4.78, 5) is 13.5. The Kier molecular flexibility index (Phi) is 3.51. The maximum Gasteiger partial charge on any atom is 0.172 e. The van der Waals surface area contributed by atoms with Crippen LogP contribution in [0.2, 0.25) is 0 Å². The molecule has 0 bridgehead atoms. The number of rotatable bonds is 4. The van der Waals surface area contributed by atoms with Gasteiger partial charge in [-0.25, -0.2) is 0 Å². The van der Waals surface area contributed by atoms with E-state index in [0.29, 0.717) is 36.7 Å². The molecule has 1 aromatic carbocycles. The highest BCUT2D eigenvalue weighted by atomic mass is 32.1. The monoisotopic (exact) mass is 274 g/mol. The van der Waals surface area contributed by atoms with E-state index in [1.165, 1.54) is 4.88 Å². The second-order valence-electron chi connectivity index (χ2n) is 4.33. The quantitative estimate of drug-likeness (QED) is 0.802. The summed E-state index contributed by atoms with van der Waals surface area (Å²) in [6, 6.07) is 9.55. The van der Waals surface area contributed by atoms with Gasteiger partial charge in [-0.3, -0.25) is 4.79 Å². The molecule has 4 heteroatoms. The van der Waals surface area contributed by atoms with Gasteiger partial charge in [0.1, 0.15) is 13.2 Å². The minimum atomic E-state index is 0.107. The van der Waals surface area contributed by atoms with E-state index in [2.05, 4.69) is 6.07 Å². The first kappa shape index (κ1) is 12.2. The number of hydrogen-bond acceptors (Lipinski definition) is 4. The Morgan fingerprint density at radius 2 is 2.05 bits per heavy atom. The molecule has 0 unspecified atom stereocenters. The van der Waals surface area contributed by atoms with Gasteiger partial charge in [-0.2, -0.15) is 0 Å². The van der Waals surface area contributed by atoms with Gasteiger partial charge in [-0.1, -0.05) is 12.1 Å². The maximum atomic E-state index is 12.3. The molecule has 0 N–H and O–H groups in total. The number of aryl methyl sites for hydroxylation is 1. The zero-order chi connectivity index (χ0) is 13.1. The lowest BCUT2D eigenvalue weighted by molar-refractivity contribution is 0.0972. The summed E-state index contributed by atoms with van der Waals surface area (Å²) < 4.78 is 11.1. The van der Waals surface area contributed by atoms with Crippen LogP contribution in [0.15, 0.2) is 35.7 Å². The van der Waals surface area contributed by atoms with E-state index >= 15 is 0 Å². The van der Waals surface area contributed by atoms with Crippen LogP contribution in [0.3, 0.4) is 0 Å². The van der Waals surface area contributed by atoms with Crippen LogP contribution in [0.25, 0.3) is 0 Å². The summed E-state index contributed by atoms with van der Waals surface area (Å²) in [6.07, 6.45) is 1.28. The molecule has 3 nitrogen and oxygen atoms in total. The third-order valence-electron chi connectivity index (χ3n) is 3.05. The van der Waals surface area contributed by atoms with Crippen molar-refractivity contribution in [3.8, 4) is 11.5 Å². The summed E-state index contributed by atoms with van der Waals surface area (Å²) in [5.74, 6) is 1.38. The van der Waals surface area contributed by atoms with Gasteiger partial charge in [0.05, 0.1) is 5.56 Å². The highest BCUT2D eigenvalue weighted by Gasteiger charge is 2.19. The van der Waals surface area contributed by atoms with E-state index in [9.17, 15) is 4.79 Å². The average molecular weight is 274 g/mol. The molecule has 0 radical (unpaired) electrons. The lowest BCUT2D eigenvalue weighted by atomic mass is 10.0. The van der Waals surface area contributed by atoms with Crippen molar-refractivity contribution in [3.05, 3.63) is 46.2 Å². The van der Waals surface area contributed by atoms with Crippen molar-refractivity contribution in [2.75, 3.05) is 13.2 Å². The lowest BCUT2D eigenvalue weighted by Gasteiger charge is -2.20. The van der Waals surface area contributed by atoms with Crippen LogP contribution in [0.1, 0.15) is 21.7 Å². The molecular weight excluding hydrogens is 260 g/mol. The first-order chi connectivity index (χ1) is 9.34. The Hall–Kier alpha value is -1.81. The minimum absolute atomic E-state index is 0.107. The highest BCUT2D eigenvalue weighted by Crippen LogP contribution is 2.34. The average Bonchev–Trinajstić information content (AvgIpc) is 2.97. The predicted molar refractivity (Wildman–Crippen MR) is 74.4 cm³/mol. The van der Waals surface area contributed by atoms with Crippen LogP contribution in [-0.4, -0.2) is 19.0 Å². The van der Waals surface area contributed by atoms with Crippen LogP contribution in [0.4, 0.5) is 0 Å². The normalized spacial score (nSPS) is 13.3. The summed E-state index contributed by atoms with van der Waals surface area (Å²) in [5.41, 5.74) is 0.633. The van der Waals surface area contributed by atoms with Gasteiger partial charge in [0, 0.05) is 11.3 Å². The van der Waals surface area contributed by atoms with Crippen molar-refractivity contribution in [1.29, 1.82) is 0 Å². The Balaban J connectivity index is 1.76. The largest absolute Gasteiger partial charge is 0.486 e. The Morgan fingerprint density at radius 1 is 1.16 bits per heavy atom. The van der Waals surface area contributed by atoms with Gasteiger partial charge in [0.2, 0.25) is 0 Å². The Morgan fingerprint density at radius 3 is 2.89 bits per heavy atom. The molecule has 0 spiro atoms. The lowest BCUT2D eigenvalue weighted by Crippen LogP contribution is -2.17. The van der Waals surface area contributed by atoms with Crippen LogP contribution >= 0.6 is 11.3 Å². The number of para-hydroxylation sites is 1. The summed E-state index contributed by atoms with van der Waals surface area (Å²) in [6.45, 7) is 1.04. The zero-order valence-electron chi connectivity index (χ0n) is 10.4. The van der Waals surface area contributed by atoms with Crippen LogP contribution in [0.5, 0.6) is 11.5 Å². The molecule has 98 valence electrons. The fourth-order valence-corrected chi connectivity index (χ4v) is 2.83. The highest BCUT2D eigenvalue weighted by molar-refractivity contribution is 7.09. The topological polar surface area (TPSA) is 35.5 Å². The van der Waals surface area contributed by atoms with Crippen LogP contribution < -0.4 is 9.47 Å². The summed E-state index contributed by atoms with van der Waals surface area (Å²) in [7, 11) is 0. The van der Waals surface area contributed by atoms with E-state index in [1.807, 2.05) is 29.6 Å². The van der Waals surface area contributed by atoms with E-state index < -0.39 is 0 Å². The first-order valence-electron chi connectivity index (χ1n) is 6.29. The van der Waals surface area contributed by atoms with Crippen molar-refractivity contribution >= 4 is 17.1 Å². The molecular formula is C15H14O3S. The molecule has 0 fully saturated rings. The van der Waals surface area contributed by atoms with E-state index in [0.717, 1.165) is 6.42 Å². The smallest absolute Gasteiger partial charge is 0.172 e. The molecule has 19 heavy (non-hydrogen) atoms. The number of ketones is 1. The van der Waals surface area contributed by atoms with E-state index in [1.54, 1.807) is 11.3 Å². The molecule has 2 aromatic rings. The Bertz CT molecular complexity index is 575. The number of hydrogen-bond donors (Lipinski definition) is 0. The number of benzene rings is 1.